The van der Waals surface area contributed by atoms with E-state index in [1.54, 1.807) is 24.3 Å². The summed E-state index contributed by atoms with van der Waals surface area (Å²) in [6, 6.07) is 11.1. The Hall–Kier alpha value is -3.24. The van der Waals surface area contributed by atoms with Gasteiger partial charge in [0.05, 0.1) is 35.9 Å². The lowest BCUT2D eigenvalue weighted by molar-refractivity contribution is -0.119. The van der Waals surface area contributed by atoms with Gasteiger partial charge in [-0.25, -0.2) is 4.79 Å². The predicted octanol–water partition coefficient (Wildman–Crippen LogP) is 4.05. The lowest BCUT2D eigenvalue weighted by Gasteiger charge is -2.15. The van der Waals surface area contributed by atoms with E-state index in [-0.39, 0.29) is 16.5 Å². The van der Waals surface area contributed by atoms with Crippen LogP contribution in [-0.2, 0) is 9.53 Å². The van der Waals surface area contributed by atoms with Gasteiger partial charge in [-0.05, 0) is 42.3 Å². The standard InChI is InChI=1S/C21H21ClN2O5/c1-13(2)11-28-20-17(22)8-15(9-18(20)27-3)21(26)29-12-19(25)24-16-6-4-14(10-23)5-7-16/h4-9,13H,11-12H2,1-3H3,(H,24,25). The van der Waals surface area contributed by atoms with Crippen molar-refractivity contribution in [3.8, 4) is 17.6 Å². The molecule has 0 aliphatic rings. The van der Waals surface area contributed by atoms with Crippen molar-refractivity contribution in [3.63, 3.8) is 0 Å². The summed E-state index contributed by atoms with van der Waals surface area (Å²) in [7, 11) is 1.44. The first-order valence-electron chi connectivity index (χ1n) is 8.81. The molecule has 1 amide bonds. The van der Waals surface area contributed by atoms with Crippen LogP contribution >= 0.6 is 11.6 Å². The molecule has 29 heavy (non-hydrogen) atoms. The minimum absolute atomic E-state index is 0.134. The van der Waals surface area contributed by atoms with Gasteiger partial charge >= 0.3 is 5.97 Å². The Balaban J connectivity index is 1.99. The van der Waals surface area contributed by atoms with Gasteiger partial charge in [-0.1, -0.05) is 25.4 Å². The molecule has 2 aromatic rings. The SMILES string of the molecule is COc1cc(C(=O)OCC(=O)Nc2ccc(C#N)cc2)cc(Cl)c1OCC(C)C. The molecule has 0 saturated carbocycles. The van der Waals surface area contributed by atoms with E-state index in [9.17, 15) is 9.59 Å². The fourth-order valence-corrected chi connectivity index (χ4v) is 2.53. The van der Waals surface area contributed by atoms with Gasteiger partial charge in [0.15, 0.2) is 18.1 Å². The Morgan fingerprint density at radius 2 is 1.90 bits per heavy atom. The van der Waals surface area contributed by atoms with Crippen LogP contribution in [0.2, 0.25) is 5.02 Å². The fourth-order valence-electron chi connectivity index (χ4n) is 2.27. The van der Waals surface area contributed by atoms with Crippen LogP contribution in [0.1, 0.15) is 29.8 Å². The molecule has 152 valence electrons. The molecule has 0 bridgehead atoms. The number of nitrogens with zero attached hydrogens (tertiary/aromatic N) is 1. The maximum Gasteiger partial charge on any atom is 0.338 e. The zero-order valence-corrected chi connectivity index (χ0v) is 17.1. The number of rotatable bonds is 8. The molecule has 7 nitrogen and oxygen atoms in total. The molecule has 0 aliphatic carbocycles. The highest BCUT2D eigenvalue weighted by molar-refractivity contribution is 6.32. The summed E-state index contributed by atoms with van der Waals surface area (Å²) in [5, 5.41) is 11.6. The molecule has 8 heteroatoms. The second-order valence-corrected chi connectivity index (χ2v) is 6.91. The Morgan fingerprint density at radius 3 is 2.48 bits per heavy atom. The van der Waals surface area contributed by atoms with Crippen LogP contribution in [0.25, 0.3) is 0 Å². The Morgan fingerprint density at radius 1 is 1.21 bits per heavy atom. The molecule has 0 radical (unpaired) electrons. The average molecular weight is 417 g/mol. The summed E-state index contributed by atoms with van der Waals surface area (Å²) in [5.74, 6) is -0.311. The largest absolute Gasteiger partial charge is 0.493 e. The summed E-state index contributed by atoms with van der Waals surface area (Å²) in [5.41, 5.74) is 1.09. The van der Waals surface area contributed by atoms with E-state index in [0.29, 0.717) is 29.4 Å². The number of anilines is 1. The van der Waals surface area contributed by atoms with Gasteiger partial charge in [0, 0.05) is 5.69 Å². The number of nitrogens with one attached hydrogen (secondary N) is 1. The molecule has 2 aromatic carbocycles. The van der Waals surface area contributed by atoms with Crippen LogP contribution in [0.3, 0.4) is 0 Å². The molecule has 0 saturated heterocycles. The normalized spacial score (nSPS) is 10.2. The average Bonchev–Trinajstić information content (AvgIpc) is 2.70. The molecule has 0 spiro atoms. The van der Waals surface area contributed by atoms with E-state index in [1.807, 2.05) is 19.9 Å². The fraction of sp³-hybridized carbons (Fsp3) is 0.286. The molecular formula is C21H21ClN2O5. The van der Waals surface area contributed by atoms with Crippen LogP contribution in [-0.4, -0.2) is 32.2 Å². The first-order chi connectivity index (χ1) is 13.8. The van der Waals surface area contributed by atoms with Gasteiger partial charge in [-0.2, -0.15) is 5.26 Å². The summed E-state index contributed by atoms with van der Waals surface area (Å²) >= 11 is 6.22. The number of carbonyl (C=O) groups excluding carboxylic acids is 2. The van der Waals surface area contributed by atoms with E-state index >= 15 is 0 Å². The number of nitriles is 1. The zero-order chi connectivity index (χ0) is 21.4. The van der Waals surface area contributed by atoms with E-state index in [2.05, 4.69) is 5.32 Å². The van der Waals surface area contributed by atoms with E-state index in [4.69, 9.17) is 31.1 Å². The van der Waals surface area contributed by atoms with Crippen molar-refractivity contribution in [2.24, 2.45) is 5.92 Å². The molecule has 2 rings (SSSR count). The third-order valence-electron chi connectivity index (χ3n) is 3.66. The Labute approximate surface area is 174 Å². The van der Waals surface area contributed by atoms with Crippen molar-refractivity contribution >= 4 is 29.2 Å². The van der Waals surface area contributed by atoms with Gasteiger partial charge in [-0.3, -0.25) is 4.79 Å². The Bertz CT molecular complexity index is 920. The predicted molar refractivity (Wildman–Crippen MR) is 108 cm³/mol. The van der Waals surface area contributed by atoms with E-state index in [1.165, 1.54) is 19.2 Å². The molecule has 1 N–H and O–H groups in total. The van der Waals surface area contributed by atoms with E-state index < -0.39 is 18.5 Å². The molecule has 0 unspecified atom stereocenters. The summed E-state index contributed by atoms with van der Waals surface area (Å²) < 4.78 is 15.9. The number of methoxy groups -OCH3 is 1. The van der Waals surface area contributed by atoms with Gasteiger partial charge in [0.1, 0.15) is 0 Å². The number of amides is 1. The first-order valence-corrected chi connectivity index (χ1v) is 9.19. The molecule has 0 fully saturated rings. The molecule has 0 aliphatic heterocycles. The molecule has 0 atom stereocenters. The quantitative estimate of drug-likeness (QED) is 0.652. The van der Waals surface area contributed by atoms with Crippen LogP contribution in [0.15, 0.2) is 36.4 Å². The van der Waals surface area contributed by atoms with Crippen LogP contribution in [0.4, 0.5) is 5.69 Å². The smallest absolute Gasteiger partial charge is 0.338 e. The van der Waals surface area contributed by atoms with Crippen LogP contribution < -0.4 is 14.8 Å². The number of benzene rings is 2. The number of hydrogen-bond donors (Lipinski definition) is 1. The van der Waals surface area contributed by atoms with Crippen molar-refractivity contribution in [1.82, 2.24) is 0 Å². The van der Waals surface area contributed by atoms with Gasteiger partial charge in [0.2, 0.25) is 0 Å². The van der Waals surface area contributed by atoms with Gasteiger partial charge in [-0.15, -0.1) is 0 Å². The highest BCUT2D eigenvalue weighted by atomic mass is 35.5. The minimum atomic E-state index is -0.726. The Kier molecular flexibility index (Phi) is 7.87. The topological polar surface area (TPSA) is 97.6 Å². The molecular weight excluding hydrogens is 396 g/mol. The number of esters is 1. The van der Waals surface area contributed by atoms with Crippen molar-refractivity contribution in [2.75, 3.05) is 25.6 Å². The van der Waals surface area contributed by atoms with Crippen molar-refractivity contribution in [1.29, 1.82) is 5.26 Å². The number of ether oxygens (including phenoxy) is 3. The highest BCUT2D eigenvalue weighted by Crippen LogP contribution is 2.36. The van der Waals surface area contributed by atoms with Crippen molar-refractivity contribution < 1.29 is 23.8 Å². The minimum Gasteiger partial charge on any atom is -0.493 e. The monoisotopic (exact) mass is 416 g/mol. The molecule has 0 heterocycles. The third-order valence-corrected chi connectivity index (χ3v) is 3.94. The van der Waals surface area contributed by atoms with Crippen LogP contribution in [0, 0.1) is 17.2 Å². The number of halogens is 1. The summed E-state index contributed by atoms with van der Waals surface area (Å²) in [6.07, 6.45) is 0. The van der Waals surface area contributed by atoms with E-state index in [0.717, 1.165) is 0 Å². The maximum atomic E-state index is 12.3. The number of carbonyl (C=O) groups is 2. The highest BCUT2D eigenvalue weighted by Gasteiger charge is 2.18. The zero-order valence-electron chi connectivity index (χ0n) is 16.3. The second-order valence-electron chi connectivity index (χ2n) is 6.51. The second kappa shape index (κ2) is 10.3. The lowest BCUT2D eigenvalue weighted by Crippen LogP contribution is -2.21. The third kappa shape index (κ3) is 6.40. The summed E-state index contributed by atoms with van der Waals surface area (Å²) in [6.45, 7) is 3.95. The lowest BCUT2D eigenvalue weighted by atomic mass is 10.2. The van der Waals surface area contributed by atoms with Crippen molar-refractivity contribution in [3.05, 3.63) is 52.5 Å². The van der Waals surface area contributed by atoms with Gasteiger partial charge in [0.25, 0.3) is 5.91 Å². The van der Waals surface area contributed by atoms with Crippen molar-refractivity contribution in [2.45, 2.75) is 13.8 Å². The first kappa shape index (κ1) is 22.1. The van der Waals surface area contributed by atoms with Crippen LogP contribution in [0.5, 0.6) is 11.5 Å². The maximum absolute atomic E-state index is 12.3. The summed E-state index contributed by atoms with van der Waals surface area (Å²) in [4.78, 5) is 24.3. The molecule has 0 aromatic heterocycles. The van der Waals surface area contributed by atoms with Gasteiger partial charge < -0.3 is 19.5 Å². The number of hydrogen-bond acceptors (Lipinski definition) is 6.